The van der Waals surface area contributed by atoms with E-state index in [1.54, 1.807) is 6.92 Å². The van der Waals surface area contributed by atoms with Crippen LogP contribution in [0.2, 0.25) is 0 Å². The van der Waals surface area contributed by atoms with Gasteiger partial charge in [0.05, 0.1) is 6.61 Å². The summed E-state index contributed by atoms with van der Waals surface area (Å²) < 4.78 is 38.9. The molecule has 0 amide bonds. The molecule has 2 aromatic carbocycles. The summed E-state index contributed by atoms with van der Waals surface area (Å²) in [6.45, 7) is 4.52. The molecule has 0 aliphatic heterocycles. The third-order valence-corrected chi connectivity index (χ3v) is 7.84. The zero-order chi connectivity index (χ0) is 23.2. The summed E-state index contributed by atoms with van der Waals surface area (Å²) in [5.74, 6) is 1.26. The lowest BCUT2D eigenvalue weighted by atomic mass is 9.63. The molecular formula is C29H38F2O2. The second-order valence-corrected chi connectivity index (χ2v) is 10.0. The first kappa shape index (κ1) is 24.0. The molecule has 4 heteroatoms. The highest BCUT2D eigenvalue weighted by Gasteiger charge is 2.35. The fourth-order valence-corrected chi connectivity index (χ4v) is 5.98. The fourth-order valence-electron chi connectivity index (χ4n) is 5.98. The molecule has 4 unspecified atom stereocenters. The summed E-state index contributed by atoms with van der Waals surface area (Å²) in [6.07, 6.45) is 12.4. The normalized spacial score (nSPS) is 24.8. The van der Waals surface area contributed by atoms with E-state index in [-0.39, 0.29) is 24.7 Å². The van der Waals surface area contributed by atoms with Crippen LogP contribution in [0.25, 0.3) is 0 Å². The Balaban J connectivity index is 1.30. The van der Waals surface area contributed by atoms with Gasteiger partial charge >= 0.3 is 0 Å². The van der Waals surface area contributed by atoms with Crippen LogP contribution in [0.15, 0.2) is 36.4 Å². The Kier molecular flexibility index (Phi) is 8.27. The van der Waals surface area contributed by atoms with Gasteiger partial charge in [0, 0.05) is 0 Å². The Hall–Kier alpha value is -2.10. The molecule has 0 aromatic heterocycles. The molecule has 2 aromatic rings. The minimum Gasteiger partial charge on any atom is -0.491 e. The van der Waals surface area contributed by atoms with Gasteiger partial charge in [0.2, 0.25) is 11.6 Å². The molecule has 4 atom stereocenters. The van der Waals surface area contributed by atoms with E-state index in [1.165, 1.54) is 75.5 Å². The summed E-state index contributed by atoms with van der Waals surface area (Å²) in [5.41, 5.74) is 2.36. The van der Waals surface area contributed by atoms with Crippen LogP contribution in [0.4, 0.5) is 8.78 Å². The van der Waals surface area contributed by atoms with Crippen molar-refractivity contribution in [1.82, 2.24) is 0 Å². The van der Waals surface area contributed by atoms with E-state index in [2.05, 4.69) is 31.2 Å². The molecule has 0 radical (unpaired) electrons. The highest BCUT2D eigenvalue weighted by Crippen LogP contribution is 2.48. The average Bonchev–Trinajstić information content (AvgIpc) is 2.85. The van der Waals surface area contributed by atoms with Crippen molar-refractivity contribution in [3.63, 3.8) is 0 Å². The third-order valence-electron chi connectivity index (χ3n) is 7.84. The van der Waals surface area contributed by atoms with E-state index in [1.807, 2.05) is 0 Å². The van der Waals surface area contributed by atoms with Gasteiger partial charge in [-0.15, -0.1) is 0 Å². The Morgan fingerprint density at radius 2 is 1.45 bits per heavy atom. The maximum atomic E-state index is 14.2. The molecule has 2 aliphatic rings. The number of benzene rings is 2. The number of unbranched alkanes of at least 4 members (excludes halogenated alkanes) is 1. The maximum absolute atomic E-state index is 14.2. The summed E-state index contributed by atoms with van der Waals surface area (Å²) in [4.78, 5) is 0. The lowest BCUT2D eigenvalue weighted by molar-refractivity contribution is 0.113. The third kappa shape index (κ3) is 5.88. The standard InChI is InChI=1S/C29H38F2O2/c1-3-5-6-20-7-12-25-18-24(14-13-23(25)17-20)22-10-8-21(9-11-22)19-33-27-16-15-26(32-4-2)28(30)29(27)31/h8-11,15-16,20,23-25H,3-7,12-14,17-19H2,1-2H3. The molecule has 0 N–H and O–H groups in total. The second kappa shape index (κ2) is 11.4. The van der Waals surface area contributed by atoms with Gasteiger partial charge in [-0.25, -0.2) is 0 Å². The molecule has 180 valence electrons. The van der Waals surface area contributed by atoms with Crippen LogP contribution in [0.1, 0.15) is 88.7 Å². The minimum atomic E-state index is -1.00. The second-order valence-electron chi connectivity index (χ2n) is 10.0. The van der Waals surface area contributed by atoms with Gasteiger partial charge in [-0.1, -0.05) is 56.9 Å². The fraction of sp³-hybridized carbons (Fsp3) is 0.586. The number of halogens is 2. The Bertz CT molecular complexity index is 895. The van der Waals surface area contributed by atoms with Gasteiger partial charge in [0.15, 0.2) is 11.5 Å². The van der Waals surface area contributed by atoms with Crippen molar-refractivity contribution in [2.45, 2.75) is 84.2 Å². The smallest absolute Gasteiger partial charge is 0.204 e. The first-order valence-electron chi connectivity index (χ1n) is 12.9. The number of hydrogen-bond donors (Lipinski definition) is 0. The van der Waals surface area contributed by atoms with E-state index in [9.17, 15) is 8.78 Å². The lowest BCUT2D eigenvalue weighted by Gasteiger charge is -2.42. The monoisotopic (exact) mass is 456 g/mol. The van der Waals surface area contributed by atoms with Gasteiger partial charge in [-0.05, 0) is 86.0 Å². The molecule has 2 fully saturated rings. The zero-order valence-electron chi connectivity index (χ0n) is 20.1. The molecule has 0 bridgehead atoms. The van der Waals surface area contributed by atoms with Crippen LogP contribution < -0.4 is 9.47 Å². The van der Waals surface area contributed by atoms with Crippen molar-refractivity contribution >= 4 is 0 Å². The average molecular weight is 457 g/mol. The van der Waals surface area contributed by atoms with Crippen molar-refractivity contribution < 1.29 is 18.3 Å². The Morgan fingerprint density at radius 1 is 0.788 bits per heavy atom. The van der Waals surface area contributed by atoms with Gasteiger partial charge in [-0.2, -0.15) is 8.78 Å². The van der Waals surface area contributed by atoms with Gasteiger partial charge in [-0.3, -0.25) is 0 Å². The number of fused-ring (bicyclic) bond motifs is 1. The lowest BCUT2D eigenvalue weighted by Crippen LogP contribution is -2.30. The first-order valence-corrected chi connectivity index (χ1v) is 12.9. The van der Waals surface area contributed by atoms with Crippen LogP contribution in [-0.2, 0) is 6.61 Å². The molecule has 0 heterocycles. The molecule has 4 rings (SSSR count). The van der Waals surface area contributed by atoms with E-state index < -0.39 is 11.6 Å². The minimum absolute atomic E-state index is 0.0872. The quantitative estimate of drug-likeness (QED) is 0.377. The maximum Gasteiger partial charge on any atom is 0.204 e. The Morgan fingerprint density at radius 3 is 2.15 bits per heavy atom. The van der Waals surface area contributed by atoms with Crippen LogP contribution in [-0.4, -0.2) is 6.61 Å². The topological polar surface area (TPSA) is 18.5 Å². The van der Waals surface area contributed by atoms with E-state index in [0.29, 0.717) is 5.92 Å². The summed E-state index contributed by atoms with van der Waals surface area (Å²) in [5, 5.41) is 0. The highest BCUT2D eigenvalue weighted by atomic mass is 19.2. The molecule has 2 saturated carbocycles. The predicted molar refractivity (Wildman–Crippen MR) is 129 cm³/mol. The van der Waals surface area contributed by atoms with Crippen molar-refractivity contribution in [3.05, 3.63) is 59.2 Å². The van der Waals surface area contributed by atoms with E-state index in [0.717, 1.165) is 23.3 Å². The van der Waals surface area contributed by atoms with Crippen molar-refractivity contribution in [2.24, 2.45) is 17.8 Å². The summed E-state index contributed by atoms with van der Waals surface area (Å²) in [7, 11) is 0. The van der Waals surface area contributed by atoms with Crippen LogP contribution >= 0.6 is 0 Å². The van der Waals surface area contributed by atoms with Crippen molar-refractivity contribution in [2.75, 3.05) is 6.61 Å². The molecule has 0 spiro atoms. The first-order chi connectivity index (χ1) is 16.1. The van der Waals surface area contributed by atoms with Crippen LogP contribution in [0.3, 0.4) is 0 Å². The van der Waals surface area contributed by atoms with E-state index in [4.69, 9.17) is 9.47 Å². The van der Waals surface area contributed by atoms with Gasteiger partial charge in [0.1, 0.15) is 6.61 Å². The predicted octanol–water partition coefficient (Wildman–Crippen LogP) is 8.43. The molecular weight excluding hydrogens is 418 g/mol. The van der Waals surface area contributed by atoms with Crippen molar-refractivity contribution in [1.29, 1.82) is 0 Å². The zero-order valence-corrected chi connectivity index (χ0v) is 20.1. The summed E-state index contributed by atoms with van der Waals surface area (Å²) in [6, 6.07) is 11.4. The number of hydrogen-bond acceptors (Lipinski definition) is 2. The highest BCUT2D eigenvalue weighted by molar-refractivity contribution is 5.35. The number of rotatable bonds is 9. The Labute approximate surface area is 197 Å². The molecule has 2 nitrogen and oxygen atoms in total. The largest absolute Gasteiger partial charge is 0.491 e. The van der Waals surface area contributed by atoms with Gasteiger partial charge in [0.25, 0.3) is 0 Å². The van der Waals surface area contributed by atoms with Crippen LogP contribution in [0, 0.1) is 29.4 Å². The SMILES string of the molecule is CCCCC1CCC2CC(c3ccc(COc4ccc(OCC)c(F)c4F)cc3)CCC2C1. The van der Waals surface area contributed by atoms with Gasteiger partial charge < -0.3 is 9.47 Å². The van der Waals surface area contributed by atoms with E-state index >= 15 is 0 Å². The molecule has 2 aliphatic carbocycles. The molecule has 33 heavy (non-hydrogen) atoms. The molecule has 0 saturated heterocycles. The van der Waals surface area contributed by atoms with Crippen LogP contribution in [0.5, 0.6) is 11.5 Å². The van der Waals surface area contributed by atoms with Crippen molar-refractivity contribution in [3.8, 4) is 11.5 Å². The number of ether oxygens (including phenoxy) is 2. The summed E-state index contributed by atoms with van der Waals surface area (Å²) >= 11 is 0.